The van der Waals surface area contributed by atoms with E-state index in [0.717, 1.165) is 19.3 Å². The van der Waals surface area contributed by atoms with Crippen molar-refractivity contribution in [1.29, 1.82) is 0 Å². The molecule has 0 unspecified atom stereocenters. The van der Waals surface area contributed by atoms with E-state index in [1.165, 1.54) is 19.1 Å². The Morgan fingerprint density at radius 2 is 2.05 bits per heavy atom. The van der Waals surface area contributed by atoms with Gasteiger partial charge in [0.15, 0.2) is 0 Å². The minimum absolute atomic E-state index is 0.00478. The Morgan fingerprint density at radius 1 is 1.43 bits per heavy atom. The second kappa shape index (κ2) is 5.59. The number of carboxylic acids is 1. The molecule has 2 rings (SSSR count). The molecule has 0 amide bonds. The fraction of sp³-hybridized carbons (Fsp3) is 0.500. The first-order valence-corrected chi connectivity index (χ1v) is 8.54. The van der Waals surface area contributed by atoms with Crippen molar-refractivity contribution in [2.45, 2.75) is 38.0 Å². The Labute approximate surface area is 129 Å². The highest BCUT2D eigenvalue weighted by atomic mass is 35.5. The van der Waals surface area contributed by atoms with Gasteiger partial charge in [-0.25, -0.2) is 17.9 Å². The van der Waals surface area contributed by atoms with Gasteiger partial charge in [0.1, 0.15) is 0 Å². The van der Waals surface area contributed by atoms with Crippen molar-refractivity contribution in [3.05, 3.63) is 28.3 Å². The number of carbonyl (C=O) groups is 1. The lowest BCUT2D eigenvalue weighted by molar-refractivity contribution is 0.0695. The van der Waals surface area contributed by atoms with E-state index in [1.807, 2.05) is 6.92 Å². The molecule has 1 aliphatic rings. The first kappa shape index (κ1) is 16.3. The van der Waals surface area contributed by atoms with E-state index in [2.05, 4.69) is 4.72 Å². The van der Waals surface area contributed by atoms with Gasteiger partial charge in [-0.15, -0.1) is 0 Å². The lowest BCUT2D eigenvalue weighted by Gasteiger charge is -2.38. The third-order valence-electron chi connectivity index (χ3n) is 4.09. The van der Waals surface area contributed by atoms with Gasteiger partial charge in [-0.3, -0.25) is 0 Å². The molecule has 7 heteroatoms. The lowest BCUT2D eigenvalue weighted by Crippen LogP contribution is -2.40. The van der Waals surface area contributed by atoms with Gasteiger partial charge in [-0.2, -0.15) is 0 Å². The van der Waals surface area contributed by atoms with Gasteiger partial charge < -0.3 is 5.11 Å². The van der Waals surface area contributed by atoms with Crippen LogP contribution in [0.1, 0.15) is 42.1 Å². The molecule has 1 aromatic rings. The van der Waals surface area contributed by atoms with Crippen LogP contribution < -0.4 is 4.72 Å². The summed E-state index contributed by atoms with van der Waals surface area (Å²) in [4.78, 5) is 11.1. The summed E-state index contributed by atoms with van der Waals surface area (Å²) in [5.74, 6) is -1.20. The predicted molar refractivity (Wildman–Crippen MR) is 80.3 cm³/mol. The van der Waals surface area contributed by atoms with E-state index in [0.29, 0.717) is 6.54 Å². The molecule has 1 fully saturated rings. The first-order valence-electron chi connectivity index (χ1n) is 6.68. The Morgan fingerprint density at radius 3 is 2.52 bits per heavy atom. The molecule has 21 heavy (non-hydrogen) atoms. The molecule has 0 heterocycles. The van der Waals surface area contributed by atoms with Crippen LogP contribution in [-0.2, 0) is 10.0 Å². The summed E-state index contributed by atoms with van der Waals surface area (Å²) in [6.07, 6.45) is 3.09. The molecular weight excluding hydrogens is 314 g/mol. The molecule has 1 aliphatic carbocycles. The SMILES string of the molecule is Cc1c(C(=O)O)cc(Cl)cc1S(=O)(=O)NCC1(C)CCC1. The number of rotatable bonds is 5. The summed E-state index contributed by atoms with van der Waals surface area (Å²) in [6, 6.07) is 2.54. The normalized spacial score (nSPS) is 17.3. The number of nitrogens with one attached hydrogen (secondary N) is 1. The predicted octanol–water partition coefficient (Wildman–Crippen LogP) is 2.82. The average Bonchev–Trinajstić information content (AvgIpc) is 2.36. The molecule has 5 nitrogen and oxygen atoms in total. The fourth-order valence-electron chi connectivity index (χ4n) is 2.46. The van der Waals surface area contributed by atoms with Gasteiger partial charge in [-0.1, -0.05) is 24.9 Å². The number of benzene rings is 1. The second-order valence-corrected chi connectivity index (χ2v) is 8.04. The zero-order chi connectivity index (χ0) is 15.8. The molecule has 0 aliphatic heterocycles. The molecule has 2 N–H and O–H groups in total. The molecule has 0 radical (unpaired) electrons. The van der Waals surface area contributed by atoms with Crippen molar-refractivity contribution in [2.75, 3.05) is 6.54 Å². The molecule has 1 saturated carbocycles. The topological polar surface area (TPSA) is 83.5 Å². The maximum atomic E-state index is 12.4. The Hall–Kier alpha value is -1.11. The monoisotopic (exact) mass is 331 g/mol. The van der Waals surface area contributed by atoms with E-state index in [9.17, 15) is 13.2 Å². The summed E-state index contributed by atoms with van der Waals surface area (Å²) in [6.45, 7) is 3.86. The summed E-state index contributed by atoms with van der Waals surface area (Å²) in [5.41, 5.74) is 0.0886. The number of aromatic carboxylic acids is 1. The summed E-state index contributed by atoms with van der Waals surface area (Å²) < 4.78 is 27.4. The van der Waals surface area contributed by atoms with Gasteiger partial charge >= 0.3 is 5.97 Å². The summed E-state index contributed by atoms with van der Waals surface area (Å²) >= 11 is 5.85. The van der Waals surface area contributed by atoms with Crippen LogP contribution >= 0.6 is 11.6 Å². The Bertz CT molecular complexity index is 680. The number of hydrogen-bond donors (Lipinski definition) is 2. The van der Waals surface area contributed by atoms with Crippen LogP contribution in [0.25, 0.3) is 0 Å². The van der Waals surface area contributed by atoms with Gasteiger partial charge in [0.25, 0.3) is 0 Å². The second-order valence-electron chi connectivity index (χ2n) is 5.87. The van der Waals surface area contributed by atoms with Gasteiger partial charge in [-0.05, 0) is 42.9 Å². The van der Waals surface area contributed by atoms with Crippen LogP contribution in [0.15, 0.2) is 17.0 Å². The molecule has 0 aromatic heterocycles. The summed E-state index contributed by atoms with van der Waals surface area (Å²) in [7, 11) is -3.78. The van der Waals surface area contributed by atoms with Crippen molar-refractivity contribution >= 4 is 27.6 Å². The zero-order valence-electron chi connectivity index (χ0n) is 11.9. The van der Waals surface area contributed by atoms with Gasteiger partial charge in [0.05, 0.1) is 10.5 Å². The van der Waals surface area contributed by atoms with Gasteiger partial charge in [0.2, 0.25) is 10.0 Å². The quantitative estimate of drug-likeness (QED) is 0.869. The Balaban J connectivity index is 2.33. The van der Waals surface area contributed by atoms with E-state index in [1.54, 1.807) is 0 Å². The van der Waals surface area contributed by atoms with Crippen LogP contribution in [0.2, 0.25) is 5.02 Å². The Kier molecular flexibility index (Phi) is 4.33. The molecular formula is C14H18ClNO4S. The smallest absolute Gasteiger partial charge is 0.336 e. The highest BCUT2D eigenvalue weighted by Gasteiger charge is 2.33. The standard InChI is InChI=1S/C14H18ClNO4S/c1-9-11(13(17)18)6-10(15)7-12(9)21(19,20)16-8-14(2)4-3-5-14/h6-7,16H,3-5,8H2,1-2H3,(H,17,18). The maximum absolute atomic E-state index is 12.4. The van der Waals surface area contributed by atoms with Crippen molar-refractivity contribution in [1.82, 2.24) is 4.72 Å². The molecule has 0 atom stereocenters. The van der Waals surface area contributed by atoms with E-state index in [-0.39, 0.29) is 26.5 Å². The van der Waals surface area contributed by atoms with Crippen LogP contribution in [0, 0.1) is 12.3 Å². The van der Waals surface area contributed by atoms with Crippen molar-refractivity contribution < 1.29 is 18.3 Å². The van der Waals surface area contributed by atoms with Crippen LogP contribution in [0.4, 0.5) is 0 Å². The first-order chi connectivity index (χ1) is 9.65. The van der Waals surface area contributed by atoms with Crippen LogP contribution in [-0.4, -0.2) is 26.0 Å². The number of sulfonamides is 1. The van der Waals surface area contributed by atoms with Crippen molar-refractivity contribution in [2.24, 2.45) is 5.41 Å². The molecule has 116 valence electrons. The fourth-order valence-corrected chi connectivity index (χ4v) is 4.23. The third kappa shape index (κ3) is 3.39. The number of carboxylic acid groups (broad SMARTS) is 1. The molecule has 0 bridgehead atoms. The number of halogens is 1. The molecule has 1 aromatic carbocycles. The lowest BCUT2D eigenvalue weighted by atomic mass is 9.71. The van der Waals surface area contributed by atoms with Crippen molar-refractivity contribution in [3.63, 3.8) is 0 Å². The van der Waals surface area contributed by atoms with Crippen LogP contribution in [0.5, 0.6) is 0 Å². The molecule has 0 spiro atoms. The van der Waals surface area contributed by atoms with E-state index >= 15 is 0 Å². The minimum Gasteiger partial charge on any atom is -0.478 e. The summed E-state index contributed by atoms with van der Waals surface area (Å²) in [5, 5.41) is 9.20. The third-order valence-corrected chi connectivity index (χ3v) is 5.84. The molecule has 0 saturated heterocycles. The van der Waals surface area contributed by atoms with Crippen molar-refractivity contribution in [3.8, 4) is 0 Å². The average molecular weight is 332 g/mol. The maximum Gasteiger partial charge on any atom is 0.336 e. The largest absolute Gasteiger partial charge is 0.478 e. The highest BCUT2D eigenvalue weighted by molar-refractivity contribution is 7.89. The van der Waals surface area contributed by atoms with E-state index < -0.39 is 16.0 Å². The van der Waals surface area contributed by atoms with Crippen LogP contribution in [0.3, 0.4) is 0 Å². The highest BCUT2D eigenvalue weighted by Crippen LogP contribution is 2.39. The number of hydrogen-bond acceptors (Lipinski definition) is 3. The van der Waals surface area contributed by atoms with E-state index in [4.69, 9.17) is 16.7 Å². The zero-order valence-corrected chi connectivity index (χ0v) is 13.5. The van der Waals surface area contributed by atoms with Gasteiger partial charge in [0, 0.05) is 11.6 Å². The minimum atomic E-state index is -3.78.